The summed E-state index contributed by atoms with van der Waals surface area (Å²) in [6, 6.07) is 4.10. The Balaban J connectivity index is 2.73. The molecule has 0 saturated heterocycles. The zero-order valence-corrected chi connectivity index (χ0v) is 13.3. The van der Waals surface area contributed by atoms with Crippen LogP contribution in [0.4, 0.5) is 11.5 Å². The summed E-state index contributed by atoms with van der Waals surface area (Å²) in [5.74, 6) is 2.44. The molecule has 0 aromatic carbocycles. The summed E-state index contributed by atoms with van der Waals surface area (Å²) >= 11 is 1.85. The number of thioether (sulfide) groups is 1. The maximum Gasteiger partial charge on any atom is 0.239 e. The van der Waals surface area contributed by atoms with E-state index < -0.39 is 0 Å². The highest BCUT2D eigenvalue weighted by molar-refractivity contribution is 7.98. The molecule has 0 saturated carbocycles. The van der Waals surface area contributed by atoms with Gasteiger partial charge in [0.15, 0.2) is 0 Å². The number of anilines is 2. The third-order valence-corrected chi connectivity index (χ3v) is 3.09. The van der Waals surface area contributed by atoms with Crippen LogP contribution in [-0.4, -0.2) is 28.6 Å². The molecule has 1 rings (SSSR count). The molecule has 0 spiro atoms. The highest BCUT2D eigenvalue weighted by atomic mass is 32.2. The van der Waals surface area contributed by atoms with Gasteiger partial charge in [0, 0.05) is 6.04 Å². The number of nitrogen functional groups attached to an aromatic ring is 1. The molecule has 108 valence electrons. The van der Waals surface area contributed by atoms with E-state index in [2.05, 4.69) is 23.5 Å². The molecule has 1 aromatic rings. The Morgan fingerprint density at radius 3 is 2.68 bits per heavy atom. The summed E-state index contributed by atoms with van der Waals surface area (Å²) in [6.07, 6.45) is 3.21. The van der Waals surface area contributed by atoms with Crippen molar-refractivity contribution in [3.63, 3.8) is 0 Å². The van der Waals surface area contributed by atoms with Crippen molar-refractivity contribution in [3.05, 3.63) is 12.1 Å². The number of nitrogens with zero attached hydrogens (tertiary/aromatic N) is 1. The Morgan fingerprint density at radius 1 is 1.42 bits per heavy atom. The minimum Gasteiger partial charge on any atom is -0.470 e. The van der Waals surface area contributed by atoms with E-state index in [9.17, 15) is 0 Å². The van der Waals surface area contributed by atoms with E-state index in [1.54, 1.807) is 0 Å². The Bertz CT molecular complexity index is 404. The van der Waals surface area contributed by atoms with Gasteiger partial charge in [-0.25, -0.2) is 0 Å². The predicted octanol–water partition coefficient (Wildman–Crippen LogP) is 3.39. The maximum atomic E-state index is 5.89. The van der Waals surface area contributed by atoms with Crippen LogP contribution in [0.1, 0.15) is 34.1 Å². The first-order valence-electron chi connectivity index (χ1n) is 6.53. The zero-order chi connectivity index (χ0) is 14.5. The topological polar surface area (TPSA) is 60.2 Å². The number of nitrogens with one attached hydrogen (secondary N) is 1. The molecular weight excluding hydrogens is 258 g/mol. The van der Waals surface area contributed by atoms with Gasteiger partial charge in [-0.05, 0) is 58.3 Å². The van der Waals surface area contributed by atoms with Gasteiger partial charge in [-0.3, -0.25) is 0 Å². The molecule has 0 amide bonds. The Hall–Kier alpha value is -1.10. The lowest BCUT2D eigenvalue weighted by atomic mass is 10.2. The lowest BCUT2D eigenvalue weighted by Crippen LogP contribution is -2.24. The molecule has 1 atom stereocenters. The number of hydrogen-bond acceptors (Lipinski definition) is 5. The Kier molecular flexibility index (Phi) is 5.79. The minimum atomic E-state index is -0.301. The van der Waals surface area contributed by atoms with Crippen LogP contribution in [0.15, 0.2) is 12.1 Å². The van der Waals surface area contributed by atoms with Crippen LogP contribution < -0.4 is 15.8 Å². The van der Waals surface area contributed by atoms with Crippen LogP contribution >= 0.6 is 11.8 Å². The van der Waals surface area contributed by atoms with Gasteiger partial charge in [0.1, 0.15) is 11.4 Å². The van der Waals surface area contributed by atoms with Crippen molar-refractivity contribution in [1.29, 1.82) is 0 Å². The van der Waals surface area contributed by atoms with Crippen LogP contribution in [0.2, 0.25) is 0 Å². The first-order chi connectivity index (χ1) is 8.81. The van der Waals surface area contributed by atoms with Gasteiger partial charge in [-0.2, -0.15) is 16.7 Å². The van der Waals surface area contributed by atoms with Gasteiger partial charge in [0.25, 0.3) is 0 Å². The lowest BCUT2D eigenvalue weighted by molar-refractivity contribution is 0.125. The molecule has 0 aliphatic heterocycles. The van der Waals surface area contributed by atoms with Crippen molar-refractivity contribution in [2.45, 2.75) is 45.8 Å². The molecule has 0 radical (unpaired) electrons. The van der Waals surface area contributed by atoms with Gasteiger partial charge in [-0.1, -0.05) is 0 Å². The van der Waals surface area contributed by atoms with E-state index in [0.29, 0.717) is 17.6 Å². The number of rotatable bonds is 6. The van der Waals surface area contributed by atoms with Gasteiger partial charge in [-0.15, -0.1) is 0 Å². The molecule has 0 aliphatic rings. The van der Waals surface area contributed by atoms with Crippen molar-refractivity contribution in [2.24, 2.45) is 0 Å². The average molecular weight is 283 g/mol. The third kappa shape index (κ3) is 6.05. The molecule has 5 heteroatoms. The minimum absolute atomic E-state index is 0.301. The molecule has 1 heterocycles. The summed E-state index contributed by atoms with van der Waals surface area (Å²) in [5, 5.41) is 3.37. The Morgan fingerprint density at radius 2 is 2.11 bits per heavy atom. The largest absolute Gasteiger partial charge is 0.470 e. The van der Waals surface area contributed by atoms with Crippen molar-refractivity contribution in [2.75, 3.05) is 23.1 Å². The van der Waals surface area contributed by atoms with Crippen molar-refractivity contribution in [1.82, 2.24) is 4.98 Å². The third-order valence-electron chi connectivity index (χ3n) is 2.44. The summed E-state index contributed by atoms with van der Waals surface area (Å²) in [5.41, 5.74) is 6.15. The molecule has 19 heavy (non-hydrogen) atoms. The average Bonchev–Trinajstić information content (AvgIpc) is 2.29. The lowest BCUT2D eigenvalue weighted by Gasteiger charge is -2.22. The maximum absolute atomic E-state index is 5.89. The molecule has 0 bridgehead atoms. The van der Waals surface area contributed by atoms with E-state index >= 15 is 0 Å². The monoisotopic (exact) mass is 283 g/mol. The van der Waals surface area contributed by atoms with Crippen molar-refractivity contribution < 1.29 is 4.74 Å². The van der Waals surface area contributed by atoms with Crippen molar-refractivity contribution >= 4 is 23.3 Å². The SMILES string of the molecule is CSCCC(C)Nc1ccc(N)c(OC(C)(C)C)n1. The number of ether oxygens (including phenoxy) is 1. The van der Waals surface area contributed by atoms with Gasteiger partial charge < -0.3 is 15.8 Å². The van der Waals surface area contributed by atoms with Crippen LogP contribution in [0.3, 0.4) is 0 Å². The van der Waals surface area contributed by atoms with E-state index in [0.717, 1.165) is 18.0 Å². The normalized spacial score (nSPS) is 13.1. The van der Waals surface area contributed by atoms with E-state index in [1.165, 1.54) is 0 Å². The summed E-state index contributed by atoms with van der Waals surface area (Å²) < 4.78 is 5.76. The predicted molar refractivity (Wildman–Crippen MR) is 85.1 cm³/mol. The second-order valence-corrected chi connectivity index (χ2v) is 6.62. The standard InChI is InChI=1S/C14H25N3OS/c1-10(8-9-19-5)16-12-7-6-11(15)13(17-12)18-14(2,3)4/h6-7,10H,8-9,15H2,1-5H3,(H,16,17). The van der Waals surface area contributed by atoms with Gasteiger partial charge in [0.05, 0.1) is 5.69 Å². The van der Waals surface area contributed by atoms with E-state index in [-0.39, 0.29) is 5.60 Å². The van der Waals surface area contributed by atoms with Crippen LogP contribution in [0.5, 0.6) is 5.88 Å². The second-order valence-electron chi connectivity index (χ2n) is 5.63. The van der Waals surface area contributed by atoms with E-state index in [4.69, 9.17) is 10.5 Å². The Labute approximate surface area is 120 Å². The summed E-state index contributed by atoms with van der Waals surface area (Å²) in [6.45, 7) is 8.10. The molecule has 1 unspecified atom stereocenters. The molecule has 0 aliphatic carbocycles. The number of hydrogen-bond donors (Lipinski definition) is 2. The second kappa shape index (κ2) is 6.89. The fourth-order valence-electron chi connectivity index (χ4n) is 1.52. The number of nitrogens with two attached hydrogens (primary N) is 1. The van der Waals surface area contributed by atoms with Crippen molar-refractivity contribution in [3.8, 4) is 5.88 Å². The number of aromatic nitrogens is 1. The highest BCUT2D eigenvalue weighted by Gasteiger charge is 2.15. The molecular formula is C14H25N3OS. The summed E-state index contributed by atoms with van der Waals surface area (Å²) in [4.78, 5) is 4.44. The van der Waals surface area contributed by atoms with Crippen LogP contribution in [-0.2, 0) is 0 Å². The molecule has 4 nitrogen and oxygen atoms in total. The fraction of sp³-hybridized carbons (Fsp3) is 0.643. The highest BCUT2D eigenvalue weighted by Crippen LogP contribution is 2.25. The smallest absolute Gasteiger partial charge is 0.239 e. The van der Waals surface area contributed by atoms with Crippen LogP contribution in [0, 0.1) is 0 Å². The first-order valence-corrected chi connectivity index (χ1v) is 7.92. The molecule has 1 aromatic heterocycles. The van der Waals surface area contributed by atoms with Gasteiger partial charge >= 0.3 is 0 Å². The molecule has 0 fully saturated rings. The number of pyridine rings is 1. The zero-order valence-electron chi connectivity index (χ0n) is 12.5. The van der Waals surface area contributed by atoms with E-state index in [1.807, 2.05) is 44.7 Å². The quantitative estimate of drug-likeness (QED) is 0.838. The van der Waals surface area contributed by atoms with Crippen LogP contribution in [0.25, 0.3) is 0 Å². The summed E-state index contributed by atoms with van der Waals surface area (Å²) in [7, 11) is 0. The fourth-order valence-corrected chi connectivity index (χ4v) is 2.11. The first kappa shape index (κ1) is 16.0. The molecule has 3 N–H and O–H groups in total. The van der Waals surface area contributed by atoms with Gasteiger partial charge in [0.2, 0.25) is 5.88 Å².